The summed E-state index contributed by atoms with van der Waals surface area (Å²) in [7, 11) is 4.88. The molecule has 2 aliphatic rings. The SMILES string of the molecule is COc1ccc(-c2nc3n(n2)[C@H](c2cc(OC)ccc2OC)C2=C(CC(C)(C)CC2=O)N3)cc1. The molecular formula is C26H28N4O4. The van der Waals surface area contributed by atoms with Gasteiger partial charge in [-0.1, -0.05) is 13.8 Å². The molecule has 1 aliphatic heterocycles. The Hall–Kier alpha value is -3.81. The number of anilines is 1. The van der Waals surface area contributed by atoms with E-state index in [-0.39, 0.29) is 11.2 Å². The molecule has 34 heavy (non-hydrogen) atoms. The van der Waals surface area contributed by atoms with E-state index in [0.29, 0.717) is 35.3 Å². The first-order chi connectivity index (χ1) is 16.3. The topological polar surface area (TPSA) is 87.5 Å². The van der Waals surface area contributed by atoms with Crippen molar-refractivity contribution in [1.82, 2.24) is 14.8 Å². The fourth-order valence-corrected chi connectivity index (χ4v) is 4.81. The zero-order valence-electron chi connectivity index (χ0n) is 20.0. The van der Waals surface area contributed by atoms with Crippen LogP contribution in [0.3, 0.4) is 0 Å². The summed E-state index contributed by atoms with van der Waals surface area (Å²) in [5.41, 5.74) is 3.09. The Morgan fingerprint density at radius 2 is 1.68 bits per heavy atom. The fourth-order valence-electron chi connectivity index (χ4n) is 4.81. The number of nitrogens with one attached hydrogen (secondary N) is 1. The van der Waals surface area contributed by atoms with Gasteiger partial charge in [0.05, 0.1) is 21.3 Å². The third kappa shape index (κ3) is 3.69. The van der Waals surface area contributed by atoms with Gasteiger partial charge in [0.2, 0.25) is 5.95 Å². The zero-order chi connectivity index (χ0) is 24.0. The predicted molar refractivity (Wildman–Crippen MR) is 128 cm³/mol. The molecule has 0 spiro atoms. The molecule has 0 unspecified atom stereocenters. The van der Waals surface area contributed by atoms with Crippen LogP contribution in [-0.4, -0.2) is 41.9 Å². The van der Waals surface area contributed by atoms with Crippen LogP contribution < -0.4 is 19.5 Å². The summed E-state index contributed by atoms with van der Waals surface area (Å²) in [6, 6.07) is 12.7. The number of rotatable bonds is 5. The number of Topliss-reactive ketones (excluding diaryl/α,β-unsaturated/α-hetero) is 1. The van der Waals surface area contributed by atoms with Gasteiger partial charge in [-0.3, -0.25) is 4.79 Å². The number of carbonyl (C=O) groups excluding carboxylic acids is 1. The predicted octanol–water partition coefficient (Wildman–Crippen LogP) is 4.63. The molecule has 0 bridgehead atoms. The molecule has 2 aromatic carbocycles. The smallest absolute Gasteiger partial charge is 0.226 e. The lowest BCUT2D eigenvalue weighted by Crippen LogP contribution is -2.36. The summed E-state index contributed by atoms with van der Waals surface area (Å²) in [4.78, 5) is 18.3. The molecule has 1 aromatic heterocycles. The highest BCUT2D eigenvalue weighted by Gasteiger charge is 2.42. The number of fused-ring (bicyclic) bond motifs is 1. The van der Waals surface area contributed by atoms with E-state index >= 15 is 0 Å². The fraction of sp³-hybridized carbons (Fsp3) is 0.346. The number of hydrogen-bond acceptors (Lipinski definition) is 7. The van der Waals surface area contributed by atoms with Crippen molar-refractivity contribution in [3.8, 4) is 28.6 Å². The molecule has 1 N–H and O–H groups in total. The Labute approximate surface area is 198 Å². The minimum absolute atomic E-state index is 0.0979. The molecule has 8 heteroatoms. The van der Waals surface area contributed by atoms with Gasteiger partial charge in [0.1, 0.15) is 23.3 Å². The number of benzene rings is 2. The van der Waals surface area contributed by atoms with Crippen LogP contribution in [0.5, 0.6) is 17.2 Å². The highest BCUT2D eigenvalue weighted by atomic mass is 16.5. The highest BCUT2D eigenvalue weighted by Crippen LogP contribution is 2.47. The van der Waals surface area contributed by atoms with Crippen molar-refractivity contribution in [2.45, 2.75) is 32.7 Å². The lowest BCUT2D eigenvalue weighted by molar-refractivity contribution is -0.118. The van der Waals surface area contributed by atoms with Crippen molar-refractivity contribution in [2.24, 2.45) is 5.41 Å². The van der Waals surface area contributed by atoms with Gasteiger partial charge >= 0.3 is 0 Å². The largest absolute Gasteiger partial charge is 0.497 e. The van der Waals surface area contributed by atoms with Crippen LogP contribution in [0.4, 0.5) is 5.95 Å². The molecule has 0 saturated carbocycles. The van der Waals surface area contributed by atoms with Crippen molar-refractivity contribution in [1.29, 1.82) is 0 Å². The number of nitrogens with zero attached hydrogens (tertiary/aromatic N) is 3. The molecule has 0 radical (unpaired) electrons. The van der Waals surface area contributed by atoms with Crippen molar-refractivity contribution in [3.05, 3.63) is 59.3 Å². The van der Waals surface area contributed by atoms with Crippen molar-refractivity contribution in [3.63, 3.8) is 0 Å². The van der Waals surface area contributed by atoms with Gasteiger partial charge < -0.3 is 19.5 Å². The monoisotopic (exact) mass is 460 g/mol. The number of allylic oxidation sites excluding steroid dienone is 2. The molecular weight excluding hydrogens is 432 g/mol. The second kappa shape index (κ2) is 8.20. The van der Waals surface area contributed by atoms with Gasteiger partial charge in [-0.25, -0.2) is 4.68 Å². The third-order valence-electron chi connectivity index (χ3n) is 6.41. The molecule has 0 amide bonds. The summed E-state index contributed by atoms with van der Waals surface area (Å²) in [5.74, 6) is 3.34. The van der Waals surface area contributed by atoms with Gasteiger partial charge in [-0.15, -0.1) is 5.10 Å². The Balaban J connectivity index is 1.70. The molecule has 176 valence electrons. The van der Waals surface area contributed by atoms with Crippen LogP contribution in [0.25, 0.3) is 11.4 Å². The summed E-state index contributed by atoms with van der Waals surface area (Å²) < 4.78 is 18.3. The van der Waals surface area contributed by atoms with Gasteiger partial charge in [0, 0.05) is 28.8 Å². The van der Waals surface area contributed by atoms with Crippen molar-refractivity contribution >= 4 is 11.7 Å². The maximum Gasteiger partial charge on any atom is 0.226 e. The Bertz CT molecular complexity index is 1290. The number of ketones is 1. The summed E-state index contributed by atoms with van der Waals surface area (Å²) in [6.45, 7) is 4.22. The average molecular weight is 461 g/mol. The van der Waals surface area contributed by atoms with E-state index in [4.69, 9.17) is 24.3 Å². The van der Waals surface area contributed by atoms with E-state index in [0.717, 1.165) is 29.0 Å². The van der Waals surface area contributed by atoms with Crippen molar-refractivity contribution < 1.29 is 19.0 Å². The van der Waals surface area contributed by atoms with Crippen LogP contribution in [0, 0.1) is 5.41 Å². The van der Waals surface area contributed by atoms with Crippen LogP contribution in [0.1, 0.15) is 38.3 Å². The van der Waals surface area contributed by atoms with Crippen LogP contribution in [0.2, 0.25) is 0 Å². The molecule has 5 rings (SSSR count). The Morgan fingerprint density at radius 3 is 2.35 bits per heavy atom. The lowest BCUT2D eigenvalue weighted by Gasteiger charge is -2.38. The molecule has 1 aliphatic carbocycles. The maximum atomic E-state index is 13.5. The molecule has 1 atom stereocenters. The normalized spacial score (nSPS) is 18.6. The standard InChI is InChI=1S/C26H28N4O4/c1-26(2)13-19-22(20(31)14-26)23(18-12-17(33-4)10-11-21(18)34-5)30-25(27-19)28-24(29-30)15-6-8-16(32-3)9-7-15/h6-12,23H,13-14H2,1-5H3,(H,27,28,29)/t23-/m1/s1. The summed E-state index contributed by atoms with van der Waals surface area (Å²) in [5, 5.41) is 8.26. The van der Waals surface area contributed by atoms with E-state index in [2.05, 4.69) is 19.2 Å². The Kier molecular flexibility index (Phi) is 5.31. The number of aromatic nitrogens is 3. The number of hydrogen-bond donors (Lipinski definition) is 1. The molecule has 8 nitrogen and oxygen atoms in total. The van der Waals surface area contributed by atoms with Crippen molar-refractivity contribution in [2.75, 3.05) is 26.6 Å². The second-order valence-electron chi connectivity index (χ2n) is 9.40. The highest BCUT2D eigenvalue weighted by molar-refractivity contribution is 6.00. The number of carbonyl (C=O) groups is 1. The van der Waals surface area contributed by atoms with E-state index in [1.54, 1.807) is 26.0 Å². The van der Waals surface area contributed by atoms with E-state index in [1.165, 1.54) is 0 Å². The average Bonchev–Trinajstić information content (AvgIpc) is 3.25. The van der Waals surface area contributed by atoms with Gasteiger partial charge in [-0.2, -0.15) is 4.98 Å². The summed E-state index contributed by atoms with van der Waals surface area (Å²) in [6.07, 6.45) is 1.20. The maximum absolute atomic E-state index is 13.5. The third-order valence-corrected chi connectivity index (χ3v) is 6.41. The second-order valence-corrected chi connectivity index (χ2v) is 9.40. The van der Waals surface area contributed by atoms with Gasteiger partial charge in [0.15, 0.2) is 11.6 Å². The summed E-state index contributed by atoms with van der Waals surface area (Å²) >= 11 is 0. The van der Waals surface area contributed by atoms with Crippen LogP contribution in [0.15, 0.2) is 53.7 Å². The van der Waals surface area contributed by atoms with Gasteiger partial charge in [-0.05, 0) is 54.3 Å². The minimum Gasteiger partial charge on any atom is -0.497 e. The zero-order valence-corrected chi connectivity index (χ0v) is 20.0. The number of ether oxygens (including phenoxy) is 3. The van der Waals surface area contributed by atoms with E-state index < -0.39 is 6.04 Å². The number of methoxy groups -OCH3 is 3. The first-order valence-corrected chi connectivity index (χ1v) is 11.2. The molecule has 2 heterocycles. The lowest BCUT2D eigenvalue weighted by atomic mass is 9.73. The molecule has 3 aromatic rings. The first kappa shape index (κ1) is 22.0. The van der Waals surface area contributed by atoms with Crippen LogP contribution in [-0.2, 0) is 4.79 Å². The van der Waals surface area contributed by atoms with Gasteiger partial charge in [0.25, 0.3) is 0 Å². The first-order valence-electron chi connectivity index (χ1n) is 11.2. The molecule has 0 fully saturated rings. The van der Waals surface area contributed by atoms with E-state index in [9.17, 15) is 4.79 Å². The Morgan fingerprint density at radius 1 is 0.971 bits per heavy atom. The van der Waals surface area contributed by atoms with Crippen LogP contribution >= 0.6 is 0 Å². The van der Waals surface area contributed by atoms with E-state index in [1.807, 2.05) is 42.5 Å². The quantitative estimate of drug-likeness (QED) is 0.594. The minimum atomic E-state index is -0.487. The molecule has 0 saturated heterocycles.